The molecule has 5 heteroatoms. The Morgan fingerprint density at radius 3 is 2.79 bits per heavy atom. The second-order valence-corrected chi connectivity index (χ2v) is 4.84. The molecule has 19 heavy (non-hydrogen) atoms. The van der Waals surface area contributed by atoms with Gasteiger partial charge in [0.1, 0.15) is 6.61 Å². The van der Waals surface area contributed by atoms with Crippen molar-refractivity contribution >= 4 is 27.5 Å². The third kappa shape index (κ3) is 3.61. The van der Waals surface area contributed by atoms with E-state index in [0.29, 0.717) is 28.5 Å². The first-order valence-electron chi connectivity index (χ1n) is 5.69. The fraction of sp³-hybridized carbons (Fsp3) is 0.214. The number of rotatable bonds is 5. The summed E-state index contributed by atoms with van der Waals surface area (Å²) < 4.78 is 11.1. The fourth-order valence-electron chi connectivity index (χ4n) is 1.67. The molecule has 0 fully saturated rings. The highest BCUT2D eigenvalue weighted by molar-refractivity contribution is 9.08. The molecular weight excluding hydrogens is 330 g/mol. The summed E-state index contributed by atoms with van der Waals surface area (Å²) in [5.41, 5.74) is 1.81. The molecule has 0 unspecified atom stereocenters. The molecule has 0 aliphatic rings. The van der Waals surface area contributed by atoms with Gasteiger partial charge < -0.3 is 9.47 Å². The summed E-state index contributed by atoms with van der Waals surface area (Å²) in [7, 11) is 1.59. The summed E-state index contributed by atoms with van der Waals surface area (Å²) in [6.07, 6.45) is 1.74. The first-order valence-corrected chi connectivity index (χ1v) is 7.19. The minimum Gasteiger partial charge on any atom is -0.493 e. The maximum Gasteiger partial charge on any atom is 0.165 e. The van der Waals surface area contributed by atoms with Gasteiger partial charge in [-0.15, -0.1) is 0 Å². The Labute approximate surface area is 125 Å². The molecule has 2 aromatic rings. The fourth-order valence-corrected chi connectivity index (χ4v) is 2.31. The molecule has 100 valence electrons. The number of halogens is 2. The van der Waals surface area contributed by atoms with Crippen molar-refractivity contribution < 1.29 is 9.47 Å². The Morgan fingerprint density at radius 1 is 1.32 bits per heavy atom. The smallest absolute Gasteiger partial charge is 0.165 e. The van der Waals surface area contributed by atoms with Crippen molar-refractivity contribution in [2.24, 2.45) is 0 Å². The van der Waals surface area contributed by atoms with E-state index in [0.717, 1.165) is 11.3 Å². The van der Waals surface area contributed by atoms with Crippen LogP contribution < -0.4 is 9.47 Å². The minimum absolute atomic E-state index is 0.388. The Kier molecular flexibility index (Phi) is 5.05. The highest BCUT2D eigenvalue weighted by atomic mass is 79.9. The number of aromatic nitrogens is 1. The van der Waals surface area contributed by atoms with Crippen LogP contribution in [0.2, 0.25) is 5.02 Å². The molecule has 1 aromatic heterocycles. The second-order valence-electron chi connectivity index (χ2n) is 3.84. The van der Waals surface area contributed by atoms with E-state index in [2.05, 4.69) is 20.9 Å². The van der Waals surface area contributed by atoms with Crippen LogP contribution in [0.15, 0.2) is 36.5 Å². The van der Waals surface area contributed by atoms with Gasteiger partial charge in [-0.05, 0) is 18.2 Å². The van der Waals surface area contributed by atoms with Crippen LogP contribution >= 0.6 is 27.5 Å². The van der Waals surface area contributed by atoms with Gasteiger partial charge in [0.2, 0.25) is 0 Å². The van der Waals surface area contributed by atoms with Crippen LogP contribution in [0.1, 0.15) is 11.3 Å². The largest absolute Gasteiger partial charge is 0.493 e. The van der Waals surface area contributed by atoms with Gasteiger partial charge in [-0.25, -0.2) is 0 Å². The highest BCUT2D eigenvalue weighted by Crippen LogP contribution is 2.36. The van der Waals surface area contributed by atoms with Gasteiger partial charge in [0.25, 0.3) is 0 Å². The maximum atomic E-state index is 6.03. The Bertz CT molecular complexity index is 523. The average Bonchev–Trinajstić information content (AvgIpc) is 2.46. The third-order valence-electron chi connectivity index (χ3n) is 2.55. The Morgan fingerprint density at radius 2 is 2.16 bits per heavy atom. The number of alkyl halides is 1. The molecule has 3 nitrogen and oxygen atoms in total. The predicted molar refractivity (Wildman–Crippen MR) is 79.2 cm³/mol. The van der Waals surface area contributed by atoms with Crippen molar-refractivity contribution in [3.63, 3.8) is 0 Å². The number of methoxy groups -OCH3 is 1. The molecule has 1 aromatic carbocycles. The summed E-state index contributed by atoms with van der Waals surface area (Å²) in [5.74, 6) is 1.31. The van der Waals surface area contributed by atoms with Crippen molar-refractivity contribution in [2.45, 2.75) is 11.9 Å². The number of pyridine rings is 1. The first kappa shape index (κ1) is 14.2. The van der Waals surface area contributed by atoms with Crippen molar-refractivity contribution in [1.82, 2.24) is 4.98 Å². The lowest BCUT2D eigenvalue weighted by molar-refractivity contribution is 0.278. The summed E-state index contributed by atoms with van der Waals surface area (Å²) in [6.45, 7) is 0.388. The van der Waals surface area contributed by atoms with Gasteiger partial charge in [0.15, 0.2) is 11.5 Å². The van der Waals surface area contributed by atoms with E-state index in [1.165, 1.54) is 0 Å². The number of benzene rings is 1. The summed E-state index contributed by atoms with van der Waals surface area (Å²) in [5, 5.41) is 1.26. The molecule has 0 radical (unpaired) electrons. The van der Waals surface area contributed by atoms with E-state index in [-0.39, 0.29) is 0 Å². The van der Waals surface area contributed by atoms with E-state index in [1.807, 2.05) is 24.3 Å². The van der Waals surface area contributed by atoms with E-state index < -0.39 is 0 Å². The molecule has 0 saturated carbocycles. The molecular formula is C14H13BrClNO2. The molecule has 0 aliphatic carbocycles. The van der Waals surface area contributed by atoms with E-state index >= 15 is 0 Å². The molecule has 0 atom stereocenters. The summed E-state index contributed by atoms with van der Waals surface area (Å²) in [4.78, 5) is 4.22. The molecule has 0 spiro atoms. The van der Waals surface area contributed by atoms with E-state index in [9.17, 15) is 0 Å². The van der Waals surface area contributed by atoms with Crippen LogP contribution in [-0.4, -0.2) is 12.1 Å². The van der Waals surface area contributed by atoms with E-state index in [1.54, 1.807) is 19.4 Å². The molecule has 0 aliphatic heterocycles. The van der Waals surface area contributed by atoms with Crippen molar-refractivity contribution in [2.75, 3.05) is 7.11 Å². The molecule has 1 heterocycles. The van der Waals surface area contributed by atoms with Crippen LogP contribution in [0.5, 0.6) is 11.5 Å². The standard InChI is InChI=1S/C14H13BrClNO2/c1-18-13-7-11(16)6-10(8-15)14(13)19-9-12-4-2-3-5-17-12/h2-7H,8-9H2,1H3. The molecule has 0 amide bonds. The minimum atomic E-state index is 0.388. The number of nitrogens with zero attached hydrogens (tertiary/aromatic N) is 1. The van der Waals surface area contributed by atoms with Crippen LogP contribution in [0, 0.1) is 0 Å². The third-order valence-corrected chi connectivity index (χ3v) is 3.37. The topological polar surface area (TPSA) is 31.4 Å². The molecule has 0 saturated heterocycles. The normalized spacial score (nSPS) is 10.3. The average molecular weight is 343 g/mol. The van der Waals surface area contributed by atoms with E-state index in [4.69, 9.17) is 21.1 Å². The zero-order chi connectivity index (χ0) is 13.7. The van der Waals surface area contributed by atoms with Crippen LogP contribution in [0.25, 0.3) is 0 Å². The molecule has 0 bridgehead atoms. The van der Waals surface area contributed by atoms with Crippen molar-refractivity contribution in [1.29, 1.82) is 0 Å². The highest BCUT2D eigenvalue weighted by Gasteiger charge is 2.12. The van der Waals surface area contributed by atoms with Crippen molar-refractivity contribution in [3.8, 4) is 11.5 Å². The molecule has 2 rings (SSSR count). The quantitative estimate of drug-likeness (QED) is 0.763. The van der Waals surface area contributed by atoms with Gasteiger partial charge in [-0.3, -0.25) is 4.98 Å². The van der Waals surface area contributed by atoms with Gasteiger partial charge >= 0.3 is 0 Å². The van der Waals surface area contributed by atoms with Crippen LogP contribution in [0.4, 0.5) is 0 Å². The lowest BCUT2D eigenvalue weighted by atomic mass is 10.2. The predicted octanol–water partition coefficient (Wildman–Crippen LogP) is 4.22. The van der Waals surface area contributed by atoms with Gasteiger partial charge in [0.05, 0.1) is 12.8 Å². The van der Waals surface area contributed by atoms with Crippen LogP contribution in [-0.2, 0) is 11.9 Å². The first-order chi connectivity index (χ1) is 9.24. The number of hydrogen-bond donors (Lipinski definition) is 0. The Hall–Kier alpha value is -1.26. The van der Waals surface area contributed by atoms with Crippen molar-refractivity contribution in [3.05, 3.63) is 52.8 Å². The zero-order valence-corrected chi connectivity index (χ0v) is 12.7. The lowest BCUT2D eigenvalue weighted by Gasteiger charge is -2.14. The number of hydrogen-bond acceptors (Lipinski definition) is 3. The Balaban J connectivity index is 2.23. The molecule has 0 N–H and O–H groups in total. The maximum absolute atomic E-state index is 6.03. The monoisotopic (exact) mass is 341 g/mol. The summed E-state index contributed by atoms with van der Waals surface area (Å²) in [6, 6.07) is 9.30. The van der Waals surface area contributed by atoms with Gasteiger partial charge in [-0.1, -0.05) is 33.6 Å². The number of ether oxygens (including phenoxy) is 2. The lowest BCUT2D eigenvalue weighted by Crippen LogP contribution is -2.01. The van der Waals surface area contributed by atoms with Gasteiger partial charge in [-0.2, -0.15) is 0 Å². The SMILES string of the molecule is COc1cc(Cl)cc(CBr)c1OCc1ccccn1. The van der Waals surface area contributed by atoms with Gasteiger partial charge in [0, 0.05) is 28.2 Å². The van der Waals surface area contributed by atoms with Crippen LogP contribution in [0.3, 0.4) is 0 Å². The zero-order valence-electron chi connectivity index (χ0n) is 10.4. The summed E-state index contributed by atoms with van der Waals surface area (Å²) >= 11 is 9.45. The second kappa shape index (κ2) is 6.78.